The van der Waals surface area contributed by atoms with Crippen molar-refractivity contribution in [2.24, 2.45) is 5.92 Å². The minimum Gasteiger partial charge on any atom is -0.349 e. The number of hydrogen-bond acceptors (Lipinski definition) is 3. The van der Waals surface area contributed by atoms with E-state index in [0.717, 1.165) is 22.4 Å². The summed E-state index contributed by atoms with van der Waals surface area (Å²) >= 11 is 0. The summed E-state index contributed by atoms with van der Waals surface area (Å²) in [6.45, 7) is 1.58. The van der Waals surface area contributed by atoms with Gasteiger partial charge in [-0.05, 0) is 36.6 Å². The predicted octanol–water partition coefficient (Wildman–Crippen LogP) is 3.13. The van der Waals surface area contributed by atoms with E-state index in [-0.39, 0.29) is 17.7 Å². The SMILES string of the molecule is O=C(NCc1nc2ccccc2[nH]1)C1CCN(C(=O)/C=C/c2ccccc2)CC1. The molecule has 148 valence electrons. The number of hydrogen-bond donors (Lipinski definition) is 2. The molecule has 1 saturated heterocycles. The summed E-state index contributed by atoms with van der Waals surface area (Å²) in [4.78, 5) is 34.4. The van der Waals surface area contributed by atoms with Gasteiger partial charge in [0.15, 0.2) is 0 Å². The Morgan fingerprint density at radius 3 is 2.55 bits per heavy atom. The zero-order valence-corrected chi connectivity index (χ0v) is 16.2. The molecule has 2 heterocycles. The summed E-state index contributed by atoms with van der Waals surface area (Å²) in [5, 5.41) is 2.97. The molecule has 3 aromatic rings. The van der Waals surface area contributed by atoms with Crippen molar-refractivity contribution >= 4 is 28.9 Å². The van der Waals surface area contributed by atoms with E-state index in [9.17, 15) is 9.59 Å². The van der Waals surface area contributed by atoms with Crippen LogP contribution in [0.2, 0.25) is 0 Å². The van der Waals surface area contributed by atoms with Gasteiger partial charge in [0.05, 0.1) is 17.6 Å². The number of aromatic amines is 1. The highest BCUT2D eigenvalue weighted by Gasteiger charge is 2.26. The number of nitrogens with zero attached hydrogens (tertiary/aromatic N) is 2. The van der Waals surface area contributed by atoms with E-state index in [2.05, 4.69) is 15.3 Å². The Balaban J connectivity index is 1.25. The lowest BCUT2D eigenvalue weighted by atomic mass is 9.96. The molecule has 0 saturated carbocycles. The average Bonchev–Trinajstić information content (AvgIpc) is 3.20. The number of likely N-dealkylation sites (tertiary alicyclic amines) is 1. The molecule has 1 aromatic heterocycles. The fourth-order valence-corrected chi connectivity index (χ4v) is 3.60. The molecule has 2 amide bonds. The van der Waals surface area contributed by atoms with Gasteiger partial charge in [-0.3, -0.25) is 9.59 Å². The topological polar surface area (TPSA) is 78.1 Å². The minimum atomic E-state index is -0.0680. The molecule has 6 heteroatoms. The van der Waals surface area contributed by atoms with Gasteiger partial charge in [-0.1, -0.05) is 42.5 Å². The smallest absolute Gasteiger partial charge is 0.246 e. The number of carbonyl (C=O) groups is 2. The molecule has 0 unspecified atom stereocenters. The van der Waals surface area contributed by atoms with Gasteiger partial charge in [-0.25, -0.2) is 4.98 Å². The molecule has 29 heavy (non-hydrogen) atoms. The second-order valence-electron chi connectivity index (χ2n) is 7.26. The number of rotatable bonds is 5. The number of amides is 2. The van der Waals surface area contributed by atoms with Crippen molar-refractivity contribution in [1.82, 2.24) is 20.2 Å². The lowest BCUT2D eigenvalue weighted by Gasteiger charge is -2.30. The second kappa shape index (κ2) is 8.73. The largest absolute Gasteiger partial charge is 0.349 e. The molecule has 1 aliphatic rings. The molecule has 0 atom stereocenters. The zero-order chi connectivity index (χ0) is 20.1. The Morgan fingerprint density at radius 2 is 1.79 bits per heavy atom. The molecule has 4 rings (SSSR count). The van der Waals surface area contributed by atoms with Crippen molar-refractivity contribution in [3.8, 4) is 0 Å². The summed E-state index contributed by atoms with van der Waals surface area (Å²) in [6, 6.07) is 17.6. The Hall–Kier alpha value is -3.41. The van der Waals surface area contributed by atoms with Crippen molar-refractivity contribution in [3.63, 3.8) is 0 Å². The zero-order valence-electron chi connectivity index (χ0n) is 16.2. The van der Waals surface area contributed by atoms with Gasteiger partial charge in [-0.2, -0.15) is 0 Å². The Labute approximate surface area is 169 Å². The first kappa shape index (κ1) is 18.9. The van der Waals surface area contributed by atoms with Crippen molar-refractivity contribution < 1.29 is 9.59 Å². The Bertz CT molecular complexity index is 985. The summed E-state index contributed by atoms with van der Waals surface area (Å²) in [6.07, 6.45) is 4.79. The van der Waals surface area contributed by atoms with Crippen LogP contribution in [0.25, 0.3) is 17.1 Å². The van der Waals surface area contributed by atoms with E-state index in [1.54, 1.807) is 6.08 Å². The molecule has 6 nitrogen and oxygen atoms in total. The molecule has 0 radical (unpaired) electrons. The quantitative estimate of drug-likeness (QED) is 0.659. The standard InChI is InChI=1S/C23H24N4O2/c28-22(11-10-17-6-2-1-3-7-17)27-14-12-18(13-15-27)23(29)24-16-21-25-19-8-4-5-9-20(19)26-21/h1-11,18H,12-16H2,(H,24,29)(H,25,26)/b11-10+. The van der Waals surface area contributed by atoms with E-state index >= 15 is 0 Å². The van der Waals surface area contributed by atoms with Crippen LogP contribution < -0.4 is 5.32 Å². The van der Waals surface area contributed by atoms with E-state index in [4.69, 9.17) is 0 Å². The number of H-pyrrole nitrogens is 1. The highest BCUT2D eigenvalue weighted by atomic mass is 16.2. The molecule has 1 fully saturated rings. The van der Waals surface area contributed by atoms with E-state index in [1.807, 2.05) is 65.6 Å². The monoisotopic (exact) mass is 388 g/mol. The maximum atomic E-state index is 12.5. The molecule has 0 aliphatic carbocycles. The van der Waals surface area contributed by atoms with Gasteiger partial charge in [0.25, 0.3) is 0 Å². The first-order chi connectivity index (χ1) is 14.2. The van der Waals surface area contributed by atoms with Crippen LogP contribution in [0.4, 0.5) is 0 Å². The summed E-state index contributed by atoms with van der Waals surface area (Å²) in [5.41, 5.74) is 2.86. The molecule has 0 bridgehead atoms. The van der Waals surface area contributed by atoms with Gasteiger partial charge < -0.3 is 15.2 Å². The van der Waals surface area contributed by atoms with Gasteiger partial charge in [0.2, 0.25) is 11.8 Å². The fraction of sp³-hybridized carbons (Fsp3) is 0.261. The van der Waals surface area contributed by atoms with Crippen LogP contribution in [0, 0.1) is 5.92 Å². The van der Waals surface area contributed by atoms with E-state index in [0.29, 0.717) is 32.5 Å². The number of imidazole rings is 1. The third kappa shape index (κ3) is 4.71. The summed E-state index contributed by atoms with van der Waals surface area (Å²) in [7, 11) is 0. The summed E-state index contributed by atoms with van der Waals surface area (Å²) in [5.74, 6) is 0.701. The second-order valence-corrected chi connectivity index (χ2v) is 7.26. The number of nitrogens with one attached hydrogen (secondary N) is 2. The third-order valence-electron chi connectivity index (χ3n) is 5.26. The maximum Gasteiger partial charge on any atom is 0.246 e. The van der Waals surface area contributed by atoms with Crippen molar-refractivity contribution in [3.05, 3.63) is 72.1 Å². The number of fused-ring (bicyclic) bond motifs is 1. The average molecular weight is 388 g/mol. The van der Waals surface area contributed by atoms with Crippen LogP contribution in [0.15, 0.2) is 60.7 Å². The van der Waals surface area contributed by atoms with Gasteiger partial charge in [0, 0.05) is 25.1 Å². The first-order valence-corrected chi connectivity index (χ1v) is 9.92. The lowest BCUT2D eigenvalue weighted by molar-refractivity contribution is -0.132. The predicted molar refractivity (Wildman–Crippen MR) is 113 cm³/mol. The van der Waals surface area contributed by atoms with E-state index in [1.165, 1.54) is 0 Å². The van der Waals surface area contributed by atoms with Crippen LogP contribution in [-0.2, 0) is 16.1 Å². The van der Waals surface area contributed by atoms with Gasteiger partial charge in [0.1, 0.15) is 5.82 Å². The normalized spacial score (nSPS) is 15.1. The Morgan fingerprint density at radius 1 is 1.07 bits per heavy atom. The summed E-state index contributed by atoms with van der Waals surface area (Å²) < 4.78 is 0. The number of benzene rings is 2. The van der Waals surface area contributed by atoms with Crippen LogP contribution >= 0.6 is 0 Å². The molecular weight excluding hydrogens is 364 g/mol. The Kier molecular flexibility index (Phi) is 5.70. The van der Waals surface area contributed by atoms with Crippen molar-refractivity contribution in [1.29, 1.82) is 0 Å². The number of aromatic nitrogens is 2. The minimum absolute atomic E-state index is 0.00464. The van der Waals surface area contributed by atoms with E-state index < -0.39 is 0 Å². The number of para-hydroxylation sites is 2. The highest BCUT2D eigenvalue weighted by molar-refractivity contribution is 5.92. The van der Waals surface area contributed by atoms with Crippen molar-refractivity contribution in [2.45, 2.75) is 19.4 Å². The number of piperidine rings is 1. The first-order valence-electron chi connectivity index (χ1n) is 9.92. The molecule has 2 N–H and O–H groups in total. The van der Waals surface area contributed by atoms with Crippen LogP contribution in [0.5, 0.6) is 0 Å². The van der Waals surface area contributed by atoms with Gasteiger partial charge >= 0.3 is 0 Å². The van der Waals surface area contributed by atoms with Crippen LogP contribution in [0.3, 0.4) is 0 Å². The lowest BCUT2D eigenvalue weighted by Crippen LogP contribution is -2.42. The van der Waals surface area contributed by atoms with Crippen LogP contribution in [0.1, 0.15) is 24.2 Å². The third-order valence-corrected chi connectivity index (χ3v) is 5.26. The number of carbonyl (C=O) groups excluding carboxylic acids is 2. The van der Waals surface area contributed by atoms with Gasteiger partial charge in [-0.15, -0.1) is 0 Å². The van der Waals surface area contributed by atoms with Crippen LogP contribution in [-0.4, -0.2) is 39.8 Å². The molecule has 0 spiro atoms. The fourth-order valence-electron chi connectivity index (χ4n) is 3.60. The molecular formula is C23H24N4O2. The molecule has 2 aromatic carbocycles. The molecule has 1 aliphatic heterocycles. The van der Waals surface area contributed by atoms with Crippen molar-refractivity contribution in [2.75, 3.05) is 13.1 Å². The maximum absolute atomic E-state index is 12.5. The highest BCUT2D eigenvalue weighted by Crippen LogP contribution is 2.18.